The lowest BCUT2D eigenvalue weighted by molar-refractivity contribution is 0.324. The van der Waals surface area contributed by atoms with Crippen molar-refractivity contribution in [2.75, 3.05) is 0 Å². The maximum atomic E-state index is 6.12. The molecule has 0 aromatic carbocycles. The van der Waals surface area contributed by atoms with Gasteiger partial charge >= 0.3 is 0 Å². The molecule has 2 atom stereocenters. The normalized spacial score (nSPS) is 25.4. The van der Waals surface area contributed by atoms with Crippen LogP contribution >= 0.6 is 11.6 Å². The molecular weight excluding hydrogens is 156 g/mol. The van der Waals surface area contributed by atoms with E-state index < -0.39 is 0 Å². The van der Waals surface area contributed by atoms with Crippen LogP contribution in [0, 0.1) is 11.8 Å². The monoisotopic (exact) mass is 174 g/mol. The first kappa shape index (κ1) is 9.38. The van der Waals surface area contributed by atoms with Gasteiger partial charge in [-0.05, 0) is 18.8 Å². The van der Waals surface area contributed by atoms with Gasteiger partial charge in [-0.3, -0.25) is 0 Å². The van der Waals surface area contributed by atoms with Gasteiger partial charge in [0.05, 0.1) is 0 Å². The molecule has 1 aliphatic rings. The summed E-state index contributed by atoms with van der Waals surface area (Å²) in [6.07, 6.45) is 6.98. The molecule has 66 valence electrons. The van der Waals surface area contributed by atoms with E-state index in [0.717, 1.165) is 11.8 Å². The van der Waals surface area contributed by atoms with Crippen LogP contribution in [0.25, 0.3) is 0 Å². The molecule has 0 aromatic rings. The topological polar surface area (TPSA) is 0 Å². The van der Waals surface area contributed by atoms with Gasteiger partial charge in [0.2, 0.25) is 0 Å². The first-order valence-corrected chi connectivity index (χ1v) is 5.33. The summed E-state index contributed by atoms with van der Waals surface area (Å²) in [4.78, 5) is 0. The molecule has 0 aromatic heterocycles. The lowest BCUT2D eigenvalue weighted by Gasteiger charge is -2.23. The third-order valence-corrected chi connectivity index (χ3v) is 3.39. The second-order valence-corrected chi connectivity index (χ2v) is 4.48. The molecule has 1 fully saturated rings. The quantitative estimate of drug-likeness (QED) is 0.571. The first-order chi connectivity index (χ1) is 5.25. The summed E-state index contributed by atoms with van der Waals surface area (Å²) in [6.45, 7) is 4.41. The molecule has 0 aliphatic heterocycles. The van der Waals surface area contributed by atoms with Gasteiger partial charge < -0.3 is 0 Å². The summed E-state index contributed by atoms with van der Waals surface area (Å²) in [5.41, 5.74) is 0. The minimum absolute atomic E-state index is 0.378. The van der Waals surface area contributed by atoms with E-state index in [9.17, 15) is 0 Å². The highest BCUT2D eigenvalue weighted by Crippen LogP contribution is 2.36. The van der Waals surface area contributed by atoms with Crippen molar-refractivity contribution in [2.24, 2.45) is 11.8 Å². The average Bonchev–Trinajstić information content (AvgIpc) is 2.40. The molecule has 0 heterocycles. The fourth-order valence-electron chi connectivity index (χ4n) is 2.42. The Bertz CT molecular complexity index is 103. The van der Waals surface area contributed by atoms with Gasteiger partial charge in [-0.1, -0.05) is 39.0 Å². The first-order valence-electron chi connectivity index (χ1n) is 4.89. The molecule has 1 aliphatic carbocycles. The van der Waals surface area contributed by atoms with E-state index in [1.807, 2.05) is 0 Å². The maximum Gasteiger partial charge on any atom is 0.0338 e. The van der Waals surface area contributed by atoms with E-state index in [-0.39, 0.29) is 0 Å². The summed E-state index contributed by atoms with van der Waals surface area (Å²) in [5.74, 6) is 1.71. The van der Waals surface area contributed by atoms with E-state index in [2.05, 4.69) is 13.8 Å². The zero-order valence-corrected chi connectivity index (χ0v) is 8.40. The number of alkyl halides is 1. The molecule has 11 heavy (non-hydrogen) atoms. The molecule has 0 bridgehead atoms. The van der Waals surface area contributed by atoms with Crippen LogP contribution in [0.4, 0.5) is 0 Å². The summed E-state index contributed by atoms with van der Waals surface area (Å²) < 4.78 is 0. The van der Waals surface area contributed by atoms with Crippen molar-refractivity contribution in [1.82, 2.24) is 0 Å². The molecule has 0 saturated heterocycles. The Labute approximate surface area is 75.3 Å². The van der Waals surface area contributed by atoms with Crippen LogP contribution in [-0.4, -0.2) is 5.38 Å². The fourth-order valence-corrected chi connectivity index (χ4v) is 2.80. The Hall–Kier alpha value is 0.290. The Morgan fingerprint density at radius 3 is 2.27 bits per heavy atom. The lowest BCUT2D eigenvalue weighted by Crippen LogP contribution is -2.19. The van der Waals surface area contributed by atoms with Gasteiger partial charge in [-0.2, -0.15) is 0 Å². The summed E-state index contributed by atoms with van der Waals surface area (Å²) >= 11 is 6.12. The lowest BCUT2D eigenvalue weighted by atomic mass is 9.86. The highest BCUT2D eigenvalue weighted by molar-refractivity contribution is 6.20. The second kappa shape index (κ2) is 4.35. The smallest absolute Gasteiger partial charge is 0.0338 e. The van der Waals surface area contributed by atoms with Crippen molar-refractivity contribution in [3.05, 3.63) is 0 Å². The van der Waals surface area contributed by atoms with Crippen molar-refractivity contribution in [2.45, 2.75) is 51.3 Å². The fraction of sp³-hybridized carbons (Fsp3) is 1.00. The molecule has 0 nitrogen and oxygen atoms in total. The third kappa shape index (κ3) is 2.37. The van der Waals surface area contributed by atoms with Crippen LogP contribution in [-0.2, 0) is 0 Å². The van der Waals surface area contributed by atoms with Crippen molar-refractivity contribution >= 4 is 11.6 Å². The number of hydrogen-bond donors (Lipinski definition) is 0. The van der Waals surface area contributed by atoms with Crippen molar-refractivity contribution < 1.29 is 0 Å². The minimum Gasteiger partial charge on any atom is -0.123 e. The van der Waals surface area contributed by atoms with E-state index in [1.54, 1.807) is 0 Å². The third-order valence-electron chi connectivity index (χ3n) is 3.07. The number of rotatable bonds is 3. The molecule has 0 spiro atoms. The summed E-state index contributed by atoms with van der Waals surface area (Å²) in [7, 11) is 0. The molecule has 1 saturated carbocycles. The predicted octanol–water partition coefficient (Wildman–Crippen LogP) is 3.83. The van der Waals surface area contributed by atoms with E-state index in [1.165, 1.54) is 32.1 Å². The largest absolute Gasteiger partial charge is 0.123 e. The Kier molecular flexibility index (Phi) is 3.71. The zero-order chi connectivity index (χ0) is 8.27. The Morgan fingerprint density at radius 2 is 1.91 bits per heavy atom. The standard InChI is InChI=1S/C10H19Cl/c1-3-10(8(2)11)9-6-4-5-7-9/h8-10H,3-7H2,1-2H3. The van der Waals surface area contributed by atoms with E-state index >= 15 is 0 Å². The Balaban J connectivity index is 2.40. The van der Waals surface area contributed by atoms with Crippen LogP contribution < -0.4 is 0 Å². The van der Waals surface area contributed by atoms with Crippen molar-refractivity contribution in [3.8, 4) is 0 Å². The van der Waals surface area contributed by atoms with Crippen molar-refractivity contribution in [1.29, 1.82) is 0 Å². The highest BCUT2D eigenvalue weighted by atomic mass is 35.5. The molecule has 0 radical (unpaired) electrons. The molecular formula is C10H19Cl. The van der Waals surface area contributed by atoms with Crippen LogP contribution in [0.15, 0.2) is 0 Å². The second-order valence-electron chi connectivity index (χ2n) is 3.79. The number of halogens is 1. The van der Waals surface area contributed by atoms with Gasteiger partial charge in [0.1, 0.15) is 0 Å². The van der Waals surface area contributed by atoms with Gasteiger partial charge in [0.15, 0.2) is 0 Å². The minimum atomic E-state index is 0.378. The van der Waals surface area contributed by atoms with Gasteiger partial charge in [-0.15, -0.1) is 11.6 Å². The molecule has 0 N–H and O–H groups in total. The summed E-state index contributed by atoms with van der Waals surface area (Å²) in [5, 5.41) is 0.378. The average molecular weight is 175 g/mol. The molecule has 1 heteroatoms. The predicted molar refractivity (Wildman–Crippen MR) is 51.1 cm³/mol. The summed E-state index contributed by atoms with van der Waals surface area (Å²) in [6, 6.07) is 0. The van der Waals surface area contributed by atoms with Crippen LogP contribution in [0.5, 0.6) is 0 Å². The Morgan fingerprint density at radius 1 is 1.36 bits per heavy atom. The van der Waals surface area contributed by atoms with Gasteiger partial charge in [0, 0.05) is 5.38 Å². The highest BCUT2D eigenvalue weighted by Gasteiger charge is 2.26. The van der Waals surface area contributed by atoms with Crippen LogP contribution in [0.2, 0.25) is 0 Å². The van der Waals surface area contributed by atoms with Gasteiger partial charge in [0.25, 0.3) is 0 Å². The van der Waals surface area contributed by atoms with Gasteiger partial charge in [-0.25, -0.2) is 0 Å². The van der Waals surface area contributed by atoms with E-state index in [0.29, 0.717) is 5.38 Å². The van der Waals surface area contributed by atoms with Crippen LogP contribution in [0.3, 0.4) is 0 Å². The molecule has 1 rings (SSSR count). The zero-order valence-electron chi connectivity index (χ0n) is 7.65. The SMILES string of the molecule is CCC(C(C)Cl)C1CCCC1. The molecule has 2 unspecified atom stereocenters. The van der Waals surface area contributed by atoms with E-state index in [4.69, 9.17) is 11.6 Å². The number of hydrogen-bond acceptors (Lipinski definition) is 0. The van der Waals surface area contributed by atoms with Crippen LogP contribution in [0.1, 0.15) is 46.0 Å². The maximum absolute atomic E-state index is 6.12. The van der Waals surface area contributed by atoms with Crippen molar-refractivity contribution in [3.63, 3.8) is 0 Å². The molecule has 0 amide bonds.